The zero-order valence-corrected chi connectivity index (χ0v) is 21.8. The molecular formula is C23H19Cl3IN3OS. The van der Waals surface area contributed by atoms with Crippen molar-refractivity contribution in [1.82, 2.24) is 10.6 Å². The largest absolute Gasteiger partial charge is 0.339 e. The SMILES string of the molecule is O=C(N[C@H](NC(=S)Nc1ccc(I)cc1)C(Cl)(Cl)Cl)C(c1ccccc1)c1ccccc1. The first-order chi connectivity index (χ1) is 15.2. The lowest BCUT2D eigenvalue weighted by Gasteiger charge is -2.29. The van der Waals surface area contributed by atoms with E-state index in [4.69, 9.17) is 47.0 Å². The zero-order valence-electron chi connectivity index (χ0n) is 16.6. The molecule has 0 fully saturated rings. The lowest BCUT2D eigenvalue weighted by molar-refractivity contribution is -0.122. The van der Waals surface area contributed by atoms with E-state index in [0.29, 0.717) is 0 Å². The monoisotopic (exact) mass is 617 g/mol. The van der Waals surface area contributed by atoms with E-state index in [1.165, 1.54) is 0 Å². The van der Waals surface area contributed by atoms with E-state index in [1.54, 1.807) is 0 Å². The third kappa shape index (κ3) is 7.22. The Bertz CT molecular complexity index is 1010. The van der Waals surface area contributed by atoms with Crippen LogP contribution in [0.4, 0.5) is 5.69 Å². The zero-order chi connectivity index (χ0) is 23.1. The van der Waals surface area contributed by atoms with Gasteiger partial charge in [-0.25, -0.2) is 0 Å². The first-order valence-electron chi connectivity index (χ1n) is 9.54. The van der Waals surface area contributed by atoms with Gasteiger partial charge in [0, 0.05) is 9.26 Å². The molecule has 0 aliphatic carbocycles. The molecule has 0 radical (unpaired) electrons. The van der Waals surface area contributed by atoms with E-state index in [2.05, 4.69) is 38.5 Å². The summed E-state index contributed by atoms with van der Waals surface area (Å²) >= 11 is 26.1. The fourth-order valence-corrected chi connectivity index (χ4v) is 3.97. The van der Waals surface area contributed by atoms with Gasteiger partial charge in [0.2, 0.25) is 9.70 Å². The van der Waals surface area contributed by atoms with Gasteiger partial charge in [-0.05, 0) is 70.2 Å². The van der Waals surface area contributed by atoms with Crippen molar-refractivity contribution in [2.24, 2.45) is 0 Å². The predicted molar refractivity (Wildman–Crippen MR) is 145 cm³/mol. The van der Waals surface area contributed by atoms with Gasteiger partial charge in [-0.2, -0.15) is 0 Å². The number of hydrogen-bond donors (Lipinski definition) is 3. The van der Waals surface area contributed by atoms with E-state index >= 15 is 0 Å². The van der Waals surface area contributed by atoms with E-state index in [9.17, 15) is 4.79 Å². The predicted octanol–water partition coefficient (Wildman–Crippen LogP) is 6.22. The molecule has 4 nitrogen and oxygen atoms in total. The highest BCUT2D eigenvalue weighted by Gasteiger charge is 2.36. The van der Waals surface area contributed by atoms with E-state index in [0.717, 1.165) is 20.4 Å². The summed E-state index contributed by atoms with van der Waals surface area (Å²) in [6, 6.07) is 26.5. The van der Waals surface area contributed by atoms with Gasteiger partial charge in [0.15, 0.2) is 5.11 Å². The van der Waals surface area contributed by atoms with E-state index in [1.807, 2.05) is 84.9 Å². The molecule has 32 heavy (non-hydrogen) atoms. The van der Waals surface area contributed by atoms with Crippen molar-refractivity contribution in [2.75, 3.05) is 5.32 Å². The van der Waals surface area contributed by atoms with Crippen LogP contribution in [0.15, 0.2) is 84.9 Å². The highest BCUT2D eigenvalue weighted by molar-refractivity contribution is 14.1. The van der Waals surface area contributed by atoms with Crippen molar-refractivity contribution in [2.45, 2.75) is 15.9 Å². The van der Waals surface area contributed by atoms with E-state index < -0.39 is 15.9 Å². The van der Waals surface area contributed by atoms with Crippen molar-refractivity contribution in [3.05, 3.63) is 99.6 Å². The Morgan fingerprint density at radius 1 is 0.812 bits per heavy atom. The van der Waals surface area contributed by atoms with Crippen LogP contribution in [-0.4, -0.2) is 21.0 Å². The molecule has 3 aromatic rings. The number of anilines is 1. The van der Waals surface area contributed by atoms with Crippen LogP contribution >= 0.6 is 69.6 Å². The summed E-state index contributed by atoms with van der Waals surface area (Å²) in [5, 5.41) is 8.94. The Labute approximate surface area is 221 Å². The molecule has 1 amide bonds. The van der Waals surface area contributed by atoms with Crippen LogP contribution in [0, 0.1) is 3.57 Å². The molecule has 0 saturated carbocycles. The number of hydrogen-bond acceptors (Lipinski definition) is 2. The second kappa shape index (κ2) is 11.5. The summed E-state index contributed by atoms with van der Waals surface area (Å²) in [4.78, 5) is 13.4. The van der Waals surface area contributed by atoms with Crippen molar-refractivity contribution in [3.63, 3.8) is 0 Å². The average molecular weight is 619 g/mol. The van der Waals surface area contributed by atoms with Crippen molar-refractivity contribution in [1.29, 1.82) is 0 Å². The summed E-state index contributed by atoms with van der Waals surface area (Å²) in [5.41, 5.74) is 2.40. The number of amides is 1. The van der Waals surface area contributed by atoms with Crippen LogP contribution in [-0.2, 0) is 4.79 Å². The Balaban J connectivity index is 1.79. The number of carbonyl (C=O) groups is 1. The van der Waals surface area contributed by atoms with Crippen LogP contribution in [0.25, 0.3) is 0 Å². The molecule has 0 aromatic heterocycles. The van der Waals surface area contributed by atoms with Crippen molar-refractivity contribution < 1.29 is 4.79 Å². The minimum Gasteiger partial charge on any atom is -0.339 e. The quantitative estimate of drug-likeness (QED) is 0.133. The number of halogens is 4. The summed E-state index contributed by atoms with van der Waals surface area (Å²) in [5.74, 6) is -0.921. The summed E-state index contributed by atoms with van der Waals surface area (Å²) in [7, 11) is 0. The maximum atomic E-state index is 13.4. The standard InChI is InChI=1S/C23H19Cl3IN3OS/c24-23(25,26)21(30-22(32)28-18-13-11-17(27)12-14-18)29-20(31)19(15-7-3-1-4-8-15)16-9-5-2-6-10-16/h1-14,19,21H,(H,29,31)(H2,28,30,32)/t21-/m1/s1. The molecule has 9 heteroatoms. The number of nitrogens with one attached hydrogen (secondary N) is 3. The molecule has 0 bridgehead atoms. The molecule has 3 N–H and O–H groups in total. The maximum Gasteiger partial charge on any atom is 0.233 e. The summed E-state index contributed by atoms with van der Waals surface area (Å²) < 4.78 is -0.767. The molecule has 0 unspecified atom stereocenters. The molecule has 3 rings (SSSR count). The summed E-state index contributed by atoms with van der Waals surface area (Å²) in [6.07, 6.45) is -1.07. The van der Waals surface area contributed by atoms with Crippen LogP contribution in [0.1, 0.15) is 17.0 Å². The fourth-order valence-electron chi connectivity index (χ4n) is 3.04. The first-order valence-corrected chi connectivity index (χ1v) is 12.2. The first kappa shape index (κ1) is 25.1. The van der Waals surface area contributed by atoms with Gasteiger partial charge in [-0.15, -0.1) is 0 Å². The molecule has 166 valence electrons. The molecule has 1 atom stereocenters. The maximum absolute atomic E-state index is 13.4. The molecular weight excluding hydrogens is 600 g/mol. The smallest absolute Gasteiger partial charge is 0.233 e. The molecule has 0 aliphatic rings. The number of carbonyl (C=O) groups excluding carboxylic acids is 1. The number of thiocarbonyl (C=S) groups is 1. The van der Waals surface area contributed by atoms with Gasteiger partial charge in [-0.1, -0.05) is 95.5 Å². The van der Waals surface area contributed by atoms with Crippen LogP contribution in [0.3, 0.4) is 0 Å². The molecule has 3 aromatic carbocycles. The topological polar surface area (TPSA) is 53.2 Å². The molecule has 0 spiro atoms. The molecule has 0 aliphatic heterocycles. The lowest BCUT2D eigenvalue weighted by atomic mass is 9.90. The highest BCUT2D eigenvalue weighted by atomic mass is 127. The molecule has 0 saturated heterocycles. The normalized spacial score (nSPS) is 12.2. The minimum atomic E-state index is -1.86. The molecule has 0 heterocycles. The Morgan fingerprint density at radius 3 is 1.78 bits per heavy atom. The van der Waals surface area contributed by atoms with E-state index in [-0.39, 0.29) is 11.0 Å². The van der Waals surface area contributed by atoms with Gasteiger partial charge in [-0.3, -0.25) is 4.79 Å². The Kier molecular flexibility index (Phi) is 9.02. The number of alkyl halides is 3. The second-order valence-corrected chi connectivity index (χ2v) is 10.9. The van der Waals surface area contributed by atoms with Gasteiger partial charge >= 0.3 is 0 Å². The van der Waals surface area contributed by atoms with Crippen LogP contribution in [0.5, 0.6) is 0 Å². The average Bonchev–Trinajstić information content (AvgIpc) is 2.76. The Hall–Kier alpha value is -1.58. The van der Waals surface area contributed by atoms with Gasteiger partial charge in [0.25, 0.3) is 0 Å². The fraction of sp³-hybridized carbons (Fsp3) is 0.130. The number of benzene rings is 3. The van der Waals surface area contributed by atoms with Crippen molar-refractivity contribution in [3.8, 4) is 0 Å². The van der Waals surface area contributed by atoms with Gasteiger partial charge < -0.3 is 16.0 Å². The van der Waals surface area contributed by atoms with Crippen LogP contribution < -0.4 is 16.0 Å². The van der Waals surface area contributed by atoms with Gasteiger partial charge in [0.05, 0.1) is 5.92 Å². The number of rotatable bonds is 6. The Morgan fingerprint density at radius 2 is 1.31 bits per heavy atom. The van der Waals surface area contributed by atoms with Crippen LogP contribution in [0.2, 0.25) is 0 Å². The second-order valence-electron chi connectivity index (χ2n) is 6.84. The van der Waals surface area contributed by atoms with Crippen molar-refractivity contribution >= 4 is 86.3 Å². The summed E-state index contributed by atoms with van der Waals surface area (Å²) in [6.45, 7) is 0. The lowest BCUT2D eigenvalue weighted by Crippen LogP contribution is -2.57. The highest BCUT2D eigenvalue weighted by Crippen LogP contribution is 2.31. The third-order valence-corrected chi connectivity index (χ3v) is 6.11. The third-order valence-electron chi connectivity index (χ3n) is 4.52. The van der Waals surface area contributed by atoms with Gasteiger partial charge in [0.1, 0.15) is 6.17 Å². The minimum absolute atomic E-state index is 0.207.